The minimum absolute atomic E-state index is 0.123. The van der Waals surface area contributed by atoms with Crippen LogP contribution in [0.5, 0.6) is 0 Å². The number of ether oxygens (including phenoxy) is 1. The molecule has 0 N–H and O–H groups in total. The molecule has 2 atom stereocenters. The topological polar surface area (TPSA) is 59.5 Å². The third-order valence-corrected chi connectivity index (χ3v) is 5.74. The monoisotopic (exact) mass is 372 g/mol. The van der Waals surface area contributed by atoms with Crippen LogP contribution in [0.1, 0.15) is 35.6 Å². The highest BCUT2D eigenvalue weighted by Crippen LogP contribution is 2.28. The average molecular weight is 372 g/mol. The first-order chi connectivity index (χ1) is 12.4. The van der Waals surface area contributed by atoms with Crippen LogP contribution in [-0.4, -0.2) is 41.5 Å². The van der Waals surface area contributed by atoms with Gasteiger partial charge in [-0.3, -0.25) is 4.79 Å². The van der Waals surface area contributed by atoms with E-state index in [-0.39, 0.29) is 12.5 Å². The fraction of sp³-hybridized carbons (Fsp3) is 0.450. The molecule has 1 aliphatic rings. The first kappa shape index (κ1) is 18.6. The van der Waals surface area contributed by atoms with Gasteiger partial charge in [-0.05, 0) is 25.2 Å². The van der Waals surface area contributed by atoms with Gasteiger partial charge in [0.1, 0.15) is 9.88 Å². The van der Waals surface area contributed by atoms with Gasteiger partial charge in [-0.25, -0.2) is 9.78 Å². The largest absolute Gasteiger partial charge is 0.451 e. The number of aryl methyl sites for hydroxylation is 1. The lowest BCUT2D eigenvalue weighted by atomic mass is 9.92. The van der Waals surface area contributed by atoms with Crippen LogP contribution in [0, 0.1) is 18.8 Å². The Hall–Kier alpha value is -2.21. The quantitative estimate of drug-likeness (QED) is 0.767. The molecule has 1 aromatic heterocycles. The number of amides is 1. The number of aromatic nitrogens is 1. The summed E-state index contributed by atoms with van der Waals surface area (Å²) in [6.07, 6.45) is 1.13. The van der Waals surface area contributed by atoms with Crippen LogP contribution in [0.2, 0.25) is 0 Å². The molecule has 2 heterocycles. The summed E-state index contributed by atoms with van der Waals surface area (Å²) in [5.41, 5.74) is 1.60. The molecular formula is C20H24N2O3S. The minimum atomic E-state index is -0.478. The van der Waals surface area contributed by atoms with Gasteiger partial charge < -0.3 is 9.64 Å². The summed E-state index contributed by atoms with van der Waals surface area (Å²) in [4.78, 5) is 31.5. The molecule has 2 aromatic rings. The number of piperidine rings is 1. The van der Waals surface area contributed by atoms with E-state index in [0.29, 0.717) is 22.4 Å². The Balaban J connectivity index is 1.62. The first-order valence-corrected chi connectivity index (χ1v) is 9.73. The van der Waals surface area contributed by atoms with Crippen molar-refractivity contribution in [2.75, 3.05) is 19.7 Å². The number of nitrogens with zero attached hydrogens (tertiary/aromatic N) is 2. The lowest BCUT2D eigenvalue weighted by Crippen LogP contribution is -2.44. The van der Waals surface area contributed by atoms with Gasteiger partial charge in [-0.2, -0.15) is 0 Å². The number of hydrogen-bond donors (Lipinski definition) is 0. The lowest BCUT2D eigenvalue weighted by Gasteiger charge is -2.34. The van der Waals surface area contributed by atoms with E-state index >= 15 is 0 Å². The van der Waals surface area contributed by atoms with Crippen molar-refractivity contribution in [1.82, 2.24) is 9.88 Å². The molecule has 0 spiro atoms. The van der Waals surface area contributed by atoms with Crippen molar-refractivity contribution in [3.63, 3.8) is 0 Å². The Bertz CT molecular complexity index is 778. The zero-order valence-corrected chi connectivity index (χ0v) is 16.2. The Kier molecular flexibility index (Phi) is 5.71. The molecule has 138 valence electrons. The number of thiazole rings is 1. The number of rotatable bonds is 4. The maximum absolute atomic E-state index is 12.4. The van der Waals surface area contributed by atoms with Crippen molar-refractivity contribution < 1.29 is 14.3 Å². The van der Waals surface area contributed by atoms with Crippen molar-refractivity contribution in [1.29, 1.82) is 0 Å². The summed E-state index contributed by atoms with van der Waals surface area (Å²) in [7, 11) is 0. The molecule has 5 nitrogen and oxygen atoms in total. The van der Waals surface area contributed by atoms with Crippen molar-refractivity contribution in [3.05, 3.63) is 40.9 Å². The van der Waals surface area contributed by atoms with Crippen LogP contribution < -0.4 is 0 Å². The molecule has 1 aromatic carbocycles. The van der Waals surface area contributed by atoms with E-state index in [4.69, 9.17) is 4.74 Å². The third-order valence-electron chi connectivity index (χ3n) is 4.55. The third kappa shape index (κ3) is 4.30. The van der Waals surface area contributed by atoms with Gasteiger partial charge in [0.2, 0.25) is 0 Å². The number of carbonyl (C=O) groups excluding carboxylic acids is 2. The van der Waals surface area contributed by atoms with Gasteiger partial charge >= 0.3 is 5.97 Å². The number of carbonyl (C=O) groups is 2. The molecule has 0 radical (unpaired) electrons. The second kappa shape index (κ2) is 7.99. The molecule has 0 bridgehead atoms. The number of benzene rings is 1. The zero-order valence-electron chi connectivity index (χ0n) is 15.4. The SMILES string of the molecule is Cc1nc(-c2ccccc2)sc1C(=O)OCC(=O)N1C[C@H](C)C[C@@H](C)C1. The second-order valence-electron chi connectivity index (χ2n) is 7.12. The maximum Gasteiger partial charge on any atom is 0.350 e. The van der Waals surface area contributed by atoms with Crippen LogP contribution in [0.4, 0.5) is 0 Å². The van der Waals surface area contributed by atoms with E-state index < -0.39 is 5.97 Å². The molecule has 6 heteroatoms. The lowest BCUT2D eigenvalue weighted by molar-refractivity contribution is -0.137. The first-order valence-electron chi connectivity index (χ1n) is 8.91. The van der Waals surface area contributed by atoms with Crippen molar-refractivity contribution in [2.45, 2.75) is 27.2 Å². The highest BCUT2D eigenvalue weighted by atomic mass is 32.1. The molecule has 3 rings (SSSR count). The van der Waals surface area contributed by atoms with Crippen LogP contribution in [0.3, 0.4) is 0 Å². The predicted molar refractivity (Wildman–Crippen MR) is 102 cm³/mol. The minimum Gasteiger partial charge on any atom is -0.451 e. The Morgan fingerprint density at radius 2 is 1.85 bits per heavy atom. The van der Waals surface area contributed by atoms with Crippen LogP contribution in [0.15, 0.2) is 30.3 Å². The summed E-state index contributed by atoms with van der Waals surface area (Å²) in [6.45, 7) is 7.34. The Morgan fingerprint density at radius 3 is 2.50 bits per heavy atom. The second-order valence-corrected chi connectivity index (χ2v) is 8.12. The maximum atomic E-state index is 12.4. The van der Waals surface area contributed by atoms with E-state index in [1.165, 1.54) is 11.3 Å². The smallest absolute Gasteiger partial charge is 0.350 e. The van der Waals surface area contributed by atoms with E-state index in [0.717, 1.165) is 30.1 Å². The van der Waals surface area contributed by atoms with Crippen molar-refractivity contribution >= 4 is 23.2 Å². The summed E-state index contributed by atoms with van der Waals surface area (Å²) < 4.78 is 5.28. The van der Waals surface area contributed by atoms with Gasteiger partial charge in [0, 0.05) is 18.7 Å². The highest BCUT2D eigenvalue weighted by Gasteiger charge is 2.26. The summed E-state index contributed by atoms with van der Waals surface area (Å²) in [5, 5.41) is 0.778. The van der Waals surface area contributed by atoms with Crippen LogP contribution in [0.25, 0.3) is 10.6 Å². The summed E-state index contributed by atoms with van der Waals surface area (Å²) in [5.74, 6) is 0.363. The number of likely N-dealkylation sites (tertiary alicyclic amines) is 1. The molecule has 1 fully saturated rings. The molecule has 0 aliphatic carbocycles. The molecular weight excluding hydrogens is 348 g/mol. The van der Waals surface area contributed by atoms with Gasteiger partial charge in [0.25, 0.3) is 5.91 Å². The molecule has 26 heavy (non-hydrogen) atoms. The fourth-order valence-electron chi connectivity index (χ4n) is 3.44. The number of esters is 1. The van der Waals surface area contributed by atoms with Crippen LogP contribution >= 0.6 is 11.3 Å². The molecule has 0 saturated carbocycles. The normalized spacial score (nSPS) is 20.0. The summed E-state index contributed by atoms with van der Waals surface area (Å²) >= 11 is 1.30. The standard InChI is InChI=1S/C20H24N2O3S/c1-13-9-14(2)11-22(10-13)17(23)12-25-20(24)18-15(3)21-19(26-18)16-7-5-4-6-8-16/h4-8,13-14H,9-12H2,1-3H3/t13-,14-/m1/s1. The number of hydrogen-bond acceptors (Lipinski definition) is 5. The van der Waals surface area contributed by atoms with Crippen molar-refractivity contribution in [3.8, 4) is 10.6 Å². The molecule has 1 saturated heterocycles. The highest BCUT2D eigenvalue weighted by molar-refractivity contribution is 7.17. The molecule has 1 amide bonds. The van der Waals surface area contributed by atoms with E-state index in [9.17, 15) is 9.59 Å². The van der Waals surface area contributed by atoms with E-state index in [1.54, 1.807) is 11.8 Å². The van der Waals surface area contributed by atoms with E-state index in [1.807, 2.05) is 30.3 Å². The Morgan fingerprint density at radius 1 is 1.19 bits per heavy atom. The predicted octanol–water partition coefficient (Wildman–Crippen LogP) is 3.78. The van der Waals surface area contributed by atoms with E-state index in [2.05, 4.69) is 18.8 Å². The average Bonchev–Trinajstić information content (AvgIpc) is 3.01. The van der Waals surface area contributed by atoms with Gasteiger partial charge in [-0.15, -0.1) is 11.3 Å². The van der Waals surface area contributed by atoms with Gasteiger partial charge in [-0.1, -0.05) is 44.2 Å². The van der Waals surface area contributed by atoms with Gasteiger partial charge in [0.05, 0.1) is 5.69 Å². The molecule has 0 unspecified atom stereocenters. The zero-order chi connectivity index (χ0) is 18.7. The fourth-order valence-corrected chi connectivity index (χ4v) is 4.41. The molecule has 1 aliphatic heterocycles. The Labute approximate surface area is 158 Å². The summed E-state index contributed by atoms with van der Waals surface area (Å²) in [6, 6.07) is 9.71. The van der Waals surface area contributed by atoms with Crippen LogP contribution in [-0.2, 0) is 9.53 Å². The van der Waals surface area contributed by atoms with Gasteiger partial charge in [0.15, 0.2) is 6.61 Å². The van der Waals surface area contributed by atoms with Crippen molar-refractivity contribution in [2.24, 2.45) is 11.8 Å².